The molecule has 144 valence electrons. The lowest BCUT2D eigenvalue weighted by atomic mass is 9.92. The summed E-state index contributed by atoms with van der Waals surface area (Å²) in [6.07, 6.45) is 0. The lowest BCUT2D eigenvalue weighted by molar-refractivity contribution is -0.149. The number of methoxy groups -OCH3 is 1. The van der Waals surface area contributed by atoms with Gasteiger partial charge in [-0.25, -0.2) is 9.59 Å². The van der Waals surface area contributed by atoms with Crippen molar-refractivity contribution in [1.29, 1.82) is 0 Å². The van der Waals surface area contributed by atoms with Gasteiger partial charge in [-0.15, -0.1) is 11.3 Å². The Morgan fingerprint density at radius 3 is 2.18 bits per heavy atom. The summed E-state index contributed by atoms with van der Waals surface area (Å²) in [6, 6.07) is 5.74. The number of aromatic nitrogens is 1. The molecule has 0 atom stereocenters. The monoisotopic (exact) mass is 395 g/mol. The maximum atomic E-state index is 12.8. The predicted octanol–water partition coefficient (Wildman–Crippen LogP) is 4.48. The minimum Gasteiger partial charge on any atom is -0.497 e. The van der Waals surface area contributed by atoms with Crippen molar-refractivity contribution in [2.24, 2.45) is 7.05 Å². The third-order valence-corrected chi connectivity index (χ3v) is 6.73. The Morgan fingerprint density at radius 1 is 0.964 bits per heavy atom. The van der Waals surface area contributed by atoms with E-state index in [1.165, 1.54) is 0 Å². The van der Waals surface area contributed by atoms with E-state index in [1.54, 1.807) is 18.4 Å². The van der Waals surface area contributed by atoms with E-state index in [0.29, 0.717) is 16.9 Å². The van der Waals surface area contributed by atoms with E-state index in [4.69, 9.17) is 9.47 Å². The van der Waals surface area contributed by atoms with Crippen LogP contribution in [-0.4, -0.2) is 23.6 Å². The predicted molar refractivity (Wildman–Crippen MR) is 111 cm³/mol. The van der Waals surface area contributed by atoms with Crippen LogP contribution in [0.5, 0.6) is 5.75 Å². The summed E-state index contributed by atoms with van der Waals surface area (Å²) in [5.41, 5.74) is 5.11. The molecule has 0 N–H and O–H groups in total. The van der Waals surface area contributed by atoms with Crippen LogP contribution in [0.25, 0.3) is 22.0 Å². The second-order valence-electron chi connectivity index (χ2n) is 7.04. The number of carbonyl (C=O) groups is 2. The van der Waals surface area contributed by atoms with Crippen molar-refractivity contribution in [3.8, 4) is 5.75 Å². The Kier molecular flexibility index (Phi) is 4.19. The number of fused-ring (bicyclic) bond motifs is 1. The van der Waals surface area contributed by atoms with Crippen LogP contribution < -0.4 is 4.74 Å². The summed E-state index contributed by atoms with van der Waals surface area (Å²) < 4.78 is 12.5. The Morgan fingerprint density at radius 2 is 1.61 bits per heavy atom. The molecule has 1 aromatic carbocycles. The molecule has 1 aliphatic rings. The number of cyclic esters (lactones) is 2. The van der Waals surface area contributed by atoms with Crippen molar-refractivity contribution in [1.82, 2.24) is 4.57 Å². The van der Waals surface area contributed by atoms with Gasteiger partial charge in [0.25, 0.3) is 0 Å². The molecule has 0 saturated heterocycles. The highest BCUT2D eigenvalue weighted by molar-refractivity contribution is 7.12. The fourth-order valence-corrected chi connectivity index (χ4v) is 5.07. The number of hydrogen-bond acceptors (Lipinski definition) is 5. The van der Waals surface area contributed by atoms with E-state index in [-0.39, 0.29) is 0 Å². The molecule has 3 heterocycles. The van der Waals surface area contributed by atoms with Crippen LogP contribution in [0.15, 0.2) is 18.2 Å². The third-order valence-electron chi connectivity index (χ3n) is 5.60. The fraction of sp³-hybridized carbons (Fsp3) is 0.273. The van der Waals surface area contributed by atoms with Gasteiger partial charge in [-0.3, -0.25) is 0 Å². The number of nitrogens with zero attached hydrogens (tertiary/aromatic N) is 1. The molecule has 0 aliphatic carbocycles. The first-order chi connectivity index (χ1) is 13.3. The number of rotatable bonds is 3. The average Bonchev–Trinajstić information content (AvgIpc) is 3.17. The van der Waals surface area contributed by atoms with E-state index in [1.807, 2.05) is 57.5 Å². The van der Waals surface area contributed by atoms with Gasteiger partial charge >= 0.3 is 11.9 Å². The lowest BCUT2D eigenvalue weighted by Crippen LogP contribution is -2.02. The fourth-order valence-electron chi connectivity index (χ4n) is 4.00. The van der Waals surface area contributed by atoms with Gasteiger partial charge in [0.1, 0.15) is 5.75 Å². The minimum absolute atomic E-state index is 0.338. The lowest BCUT2D eigenvalue weighted by Gasteiger charge is -2.06. The number of benzene rings is 1. The Balaban J connectivity index is 2.14. The van der Waals surface area contributed by atoms with Crippen molar-refractivity contribution < 1.29 is 19.1 Å². The summed E-state index contributed by atoms with van der Waals surface area (Å²) in [5.74, 6) is -0.484. The largest absolute Gasteiger partial charge is 0.497 e. The van der Waals surface area contributed by atoms with Crippen LogP contribution in [0.3, 0.4) is 0 Å². The highest BCUT2D eigenvalue weighted by Crippen LogP contribution is 2.44. The smallest absolute Gasteiger partial charge is 0.347 e. The second kappa shape index (κ2) is 6.34. The second-order valence-corrected chi connectivity index (χ2v) is 8.47. The molecule has 0 unspecified atom stereocenters. The molecular formula is C22H21NO4S. The van der Waals surface area contributed by atoms with Crippen LogP contribution in [0.4, 0.5) is 0 Å². The standard InChI is InChI=1S/C22H21NO4S/c1-10-12(3)28-13(4)17(10)19-20(22(25)27-21(19)24)18-11(2)23(5)16-8-7-14(26-6)9-15(16)18/h7-9H,1-6H3. The van der Waals surface area contributed by atoms with Crippen molar-refractivity contribution in [2.45, 2.75) is 27.7 Å². The number of thiophene rings is 1. The quantitative estimate of drug-likeness (QED) is 0.485. The molecule has 6 heteroatoms. The Hall–Kier alpha value is -2.86. The van der Waals surface area contributed by atoms with Crippen LogP contribution in [0.1, 0.15) is 32.1 Å². The van der Waals surface area contributed by atoms with Crippen LogP contribution in [-0.2, 0) is 21.4 Å². The van der Waals surface area contributed by atoms with Crippen LogP contribution in [0, 0.1) is 27.7 Å². The van der Waals surface area contributed by atoms with Crippen LogP contribution in [0.2, 0.25) is 0 Å². The zero-order valence-corrected chi connectivity index (χ0v) is 17.5. The summed E-state index contributed by atoms with van der Waals surface area (Å²) >= 11 is 1.62. The third kappa shape index (κ3) is 2.44. The summed E-state index contributed by atoms with van der Waals surface area (Å²) in [6.45, 7) is 7.92. The zero-order valence-electron chi connectivity index (χ0n) is 16.7. The number of ether oxygens (including phenoxy) is 2. The number of aryl methyl sites for hydroxylation is 3. The van der Waals surface area contributed by atoms with Gasteiger partial charge in [0.05, 0.1) is 18.3 Å². The molecule has 4 rings (SSSR count). The molecular weight excluding hydrogens is 374 g/mol. The van der Waals surface area contributed by atoms with Gasteiger partial charge in [-0.2, -0.15) is 0 Å². The molecule has 0 radical (unpaired) electrons. The van der Waals surface area contributed by atoms with E-state index >= 15 is 0 Å². The summed E-state index contributed by atoms with van der Waals surface area (Å²) in [4.78, 5) is 27.7. The highest BCUT2D eigenvalue weighted by atomic mass is 32.1. The molecule has 0 fully saturated rings. The van der Waals surface area contributed by atoms with E-state index in [2.05, 4.69) is 0 Å². The maximum Gasteiger partial charge on any atom is 0.347 e. The van der Waals surface area contributed by atoms with Crippen molar-refractivity contribution >= 4 is 45.3 Å². The van der Waals surface area contributed by atoms with E-state index in [0.717, 1.165) is 43.0 Å². The van der Waals surface area contributed by atoms with Gasteiger partial charge in [0.15, 0.2) is 0 Å². The molecule has 0 amide bonds. The molecule has 5 nitrogen and oxygen atoms in total. The van der Waals surface area contributed by atoms with Gasteiger partial charge in [-0.05, 0) is 51.5 Å². The number of hydrogen-bond donors (Lipinski definition) is 0. The van der Waals surface area contributed by atoms with Crippen molar-refractivity contribution in [2.75, 3.05) is 7.11 Å². The molecule has 0 spiro atoms. The van der Waals surface area contributed by atoms with E-state index < -0.39 is 11.9 Å². The topological polar surface area (TPSA) is 57.5 Å². The van der Waals surface area contributed by atoms with Crippen molar-refractivity contribution in [3.05, 3.63) is 50.3 Å². The number of esters is 2. The minimum atomic E-state index is -0.596. The van der Waals surface area contributed by atoms with E-state index in [9.17, 15) is 9.59 Å². The Labute approximate surface area is 167 Å². The molecule has 1 aliphatic heterocycles. The van der Waals surface area contributed by atoms with Crippen LogP contribution >= 0.6 is 11.3 Å². The number of carbonyl (C=O) groups excluding carboxylic acids is 2. The van der Waals surface area contributed by atoms with Gasteiger partial charge in [-0.1, -0.05) is 0 Å². The molecule has 3 aromatic rings. The Bertz CT molecular complexity index is 1210. The molecule has 28 heavy (non-hydrogen) atoms. The first-order valence-electron chi connectivity index (χ1n) is 8.97. The highest BCUT2D eigenvalue weighted by Gasteiger charge is 2.39. The normalized spacial score (nSPS) is 14.4. The first-order valence-corrected chi connectivity index (χ1v) is 9.79. The maximum absolute atomic E-state index is 12.8. The SMILES string of the molecule is COc1ccc2c(c1)c(C1=C(c3c(C)sc(C)c3C)C(=O)OC1=O)c(C)n2C. The van der Waals surface area contributed by atoms with Crippen molar-refractivity contribution in [3.63, 3.8) is 0 Å². The molecule has 0 bridgehead atoms. The molecule has 0 saturated carbocycles. The molecule has 2 aromatic heterocycles. The zero-order chi connectivity index (χ0) is 20.3. The summed E-state index contributed by atoms with van der Waals surface area (Å²) in [7, 11) is 3.55. The summed E-state index contributed by atoms with van der Waals surface area (Å²) in [5, 5.41) is 0.862. The van der Waals surface area contributed by atoms with Gasteiger partial charge in [0, 0.05) is 44.5 Å². The van der Waals surface area contributed by atoms with Gasteiger partial charge < -0.3 is 14.0 Å². The first kappa shape index (κ1) is 18.5. The van der Waals surface area contributed by atoms with Gasteiger partial charge in [0.2, 0.25) is 0 Å². The average molecular weight is 395 g/mol.